The van der Waals surface area contributed by atoms with Crippen molar-refractivity contribution in [3.05, 3.63) is 41.6 Å². The van der Waals surface area contributed by atoms with E-state index in [1.807, 2.05) is 6.92 Å². The first-order valence-corrected chi connectivity index (χ1v) is 11.8. The highest BCUT2D eigenvalue weighted by molar-refractivity contribution is 6.09. The Morgan fingerprint density at radius 1 is 1.29 bits per heavy atom. The van der Waals surface area contributed by atoms with Crippen LogP contribution in [0.4, 0.5) is 4.39 Å². The molecule has 0 radical (unpaired) electrons. The number of H-pyrrole nitrogens is 1. The lowest BCUT2D eigenvalue weighted by Crippen LogP contribution is -2.41. The number of fused-ring (bicyclic) bond motifs is 1. The number of nitrogens with one attached hydrogen (secondary N) is 2. The summed E-state index contributed by atoms with van der Waals surface area (Å²) in [6.07, 6.45) is 3.62. The van der Waals surface area contributed by atoms with Gasteiger partial charge in [-0.1, -0.05) is 6.92 Å². The molecule has 2 aromatic heterocycles. The van der Waals surface area contributed by atoms with Crippen LogP contribution in [0.25, 0.3) is 22.3 Å². The lowest BCUT2D eigenvalue weighted by Gasteiger charge is -2.17. The number of nitrogens with zero attached hydrogens (tertiary/aromatic N) is 3. The SMILES string of the molecule is Cc1[nH]c2c(-c3cc(F)ccc3OCC3CC3)ncnc2c1C(=O)N[C@@H]1CN(C(=O)CO)C[C@H]1C. The molecule has 2 aliphatic rings. The number of likely N-dealkylation sites (tertiary alicyclic amines) is 1. The zero-order chi connectivity index (χ0) is 24.7. The molecule has 9 nitrogen and oxygen atoms in total. The van der Waals surface area contributed by atoms with Crippen LogP contribution in [0.15, 0.2) is 24.5 Å². The first-order chi connectivity index (χ1) is 16.9. The van der Waals surface area contributed by atoms with Crippen molar-refractivity contribution < 1.29 is 23.8 Å². The Morgan fingerprint density at radius 2 is 2.09 bits per heavy atom. The third-order valence-corrected chi connectivity index (χ3v) is 6.78. The summed E-state index contributed by atoms with van der Waals surface area (Å²) in [5.41, 5.74) is 2.87. The van der Waals surface area contributed by atoms with E-state index in [9.17, 15) is 14.0 Å². The van der Waals surface area contributed by atoms with Crippen LogP contribution in [-0.4, -0.2) is 69.1 Å². The van der Waals surface area contributed by atoms with E-state index in [1.165, 1.54) is 18.5 Å². The van der Waals surface area contributed by atoms with Gasteiger partial charge in [-0.15, -0.1) is 0 Å². The van der Waals surface area contributed by atoms with Crippen molar-refractivity contribution in [3.63, 3.8) is 0 Å². The molecule has 1 saturated heterocycles. The second-order valence-electron chi connectivity index (χ2n) is 9.48. The maximum absolute atomic E-state index is 14.2. The maximum Gasteiger partial charge on any atom is 0.255 e. The monoisotopic (exact) mass is 481 g/mol. The van der Waals surface area contributed by atoms with Gasteiger partial charge in [0, 0.05) is 24.3 Å². The molecule has 2 atom stereocenters. The molecule has 0 spiro atoms. The van der Waals surface area contributed by atoms with Gasteiger partial charge in [-0.25, -0.2) is 14.4 Å². The van der Waals surface area contributed by atoms with Gasteiger partial charge in [0.25, 0.3) is 5.91 Å². The van der Waals surface area contributed by atoms with Gasteiger partial charge in [0.15, 0.2) is 0 Å². The van der Waals surface area contributed by atoms with Crippen molar-refractivity contribution in [3.8, 4) is 17.0 Å². The van der Waals surface area contributed by atoms with E-state index in [2.05, 4.69) is 20.3 Å². The normalized spacial score (nSPS) is 19.8. The molecular weight excluding hydrogens is 453 g/mol. The summed E-state index contributed by atoms with van der Waals surface area (Å²) in [7, 11) is 0. The van der Waals surface area contributed by atoms with E-state index >= 15 is 0 Å². The van der Waals surface area contributed by atoms with E-state index < -0.39 is 12.4 Å². The van der Waals surface area contributed by atoms with Gasteiger partial charge >= 0.3 is 0 Å². The Bertz CT molecular complexity index is 1290. The Hall–Kier alpha value is -3.53. The molecule has 10 heteroatoms. The Labute approximate surface area is 201 Å². The second-order valence-corrected chi connectivity index (χ2v) is 9.48. The molecule has 35 heavy (non-hydrogen) atoms. The minimum absolute atomic E-state index is 0.0311. The van der Waals surface area contributed by atoms with Gasteiger partial charge in [0.2, 0.25) is 5.91 Å². The largest absolute Gasteiger partial charge is 0.493 e. The number of aryl methyl sites for hydroxylation is 1. The zero-order valence-electron chi connectivity index (χ0n) is 19.7. The lowest BCUT2D eigenvalue weighted by molar-refractivity contribution is -0.133. The number of carbonyl (C=O) groups excluding carboxylic acids is 2. The van der Waals surface area contributed by atoms with Crippen LogP contribution in [0.3, 0.4) is 0 Å². The number of aliphatic hydroxyl groups is 1. The molecule has 1 aromatic carbocycles. The molecule has 3 heterocycles. The minimum Gasteiger partial charge on any atom is -0.493 e. The second kappa shape index (κ2) is 9.26. The number of benzene rings is 1. The van der Waals surface area contributed by atoms with Crippen LogP contribution in [0.1, 0.15) is 35.8 Å². The van der Waals surface area contributed by atoms with Crippen molar-refractivity contribution >= 4 is 22.8 Å². The number of aromatic amines is 1. The maximum atomic E-state index is 14.2. The van der Waals surface area contributed by atoms with Gasteiger partial charge in [0.1, 0.15) is 35.7 Å². The molecule has 184 valence electrons. The summed E-state index contributed by atoms with van der Waals surface area (Å²) in [6.45, 7) is 4.54. The summed E-state index contributed by atoms with van der Waals surface area (Å²) in [6, 6.07) is 4.09. The first-order valence-electron chi connectivity index (χ1n) is 11.8. The molecule has 5 rings (SSSR count). The average molecular weight is 482 g/mol. The Morgan fingerprint density at radius 3 is 2.83 bits per heavy atom. The fraction of sp³-hybridized carbons (Fsp3) is 0.440. The van der Waals surface area contributed by atoms with Crippen LogP contribution >= 0.6 is 0 Å². The number of hydrogen-bond acceptors (Lipinski definition) is 6. The van der Waals surface area contributed by atoms with Crippen molar-refractivity contribution in [2.45, 2.75) is 32.7 Å². The van der Waals surface area contributed by atoms with Gasteiger partial charge in [-0.2, -0.15) is 0 Å². The van der Waals surface area contributed by atoms with E-state index in [0.717, 1.165) is 12.8 Å². The quantitative estimate of drug-likeness (QED) is 0.477. The average Bonchev–Trinajstić information content (AvgIpc) is 3.51. The number of carbonyl (C=O) groups is 2. The summed E-state index contributed by atoms with van der Waals surface area (Å²) < 4.78 is 20.2. The van der Waals surface area contributed by atoms with Gasteiger partial charge in [0.05, 0.1) is 23.7 Å². The highest BCUT2D eigenvalue weighted by atomic mass is 19.1. The van der Waals surface area contributed by atoms with Crippen LogP contribution in [0.2, 0.25) is 0 Å². The number of aromatic nitrogens is 3. The van der Waals surface area contributed by atoms with Crippen molar-refractivity contribution in [2.24, 2.45) is 11.8 Å². The predicted molar refractivity (Wildman–Crippen MR) is 126 cm³/mol. The predicted octanol–water partition coefficient (Wildman–Crippen LogP) is 2.43. The van der Waals surface area contributed by atoms with Gasteiger partial charge < -0.3 is 25.0 Å². The fourth-order valence-corrected chi connectivity index (χ4v) is 4.61. The molecule has 2 amide bonds. The van der Waals surface area contributed by atoms with Crippen LogP contribution < -0.4 is 10.1 Å². The van der Waals surface area contributed by atoms with Crippen molar-refractivity contribution in [2.75, 3.05) is 26.3 Å². The summed E-state index contributed by atoms with van der Waals surface area (Å²) in [5.74, 6) is 0.00237. The van der Waals surface area contributed by atoms with Crippen molar-refractivity contribution in [1.82, 2.24) is 25.2 Å². The van der Waals surface area contributed by atoms with E-state index in [4.69, 9.17) is 9.84 Å². The number of aliphatic hydroxyl groups excluding tert-OH is 1. The van der Waals surface area contributed by atoms with Crippen LogP contribution in [0, 0.1) is 24.6 Å². The van der Waals surface area contributed by atoms with Gasteiger partial charge in [-0.05, 0) is 49.8 Å². The zero-order valence-corrected chi connectivity index (χ0v) is 19.7. The first kappa shape index (κ1) is 23.2. The third kappa shape index (κ3) is 4.58. The Balaban J connectivity index is 1.46. The molecular formula is C25H28FN5O4. The van der Waals surface area contributed by atoms with Crippen LogP contribution in [-0.2, 0) is 4.79 Å². The molecule has 2 fully saturated rings. The lowest BCUT2D eigenvalue weighted by atomic mass is 10.1. The summed E-state index contributed by atoms with van der Waals surface area (Å²) in [4.78, 5) is 38.7. The number of rotatable bonds is 7. The molecule has 3 N–H and O–H groups in total. The highest BCUT2D eigenvalue weighted by Gasteiger charge is 2.34. The standard InChI is InChI=1S/C25H28FN5O4/c1-13-8-31(20(33)10-32)9-18(13)30-25(34)21-14(2)29-24-22(27-12-28-23(21)24)17-7-16(26)5-6-19(17)35-11-15-3-4-15/h5-7,12-13,15,18,29,32H,3-4,8-11H2,1-2H3,(H,30,34)/t13-,18-/m1/s1. The third-order valence-electron chi connectivity index (χ3n) is 6.78. The van der Waals surface area contributed by atoms with E-state index in [0.29, 0.717) is 64.9 Å². The van der Waals surface area contributed by atoms with E-state index in [1.54, 1.807) is 17.9 Å². The number of halogens is 1. The number of ether oxygens (including phenoxy) is 1. The summed E-state index contributed by atoms with van der Waals surface area (Å²) >= 11 is 0. The molecule has 3 aromatic rings. The molecule has 1 aliphatic carbocycles. The molecule has 0 bridgehead atoms. The molecule has 1 aliphatic heterocycles. The smallest absolute Gasteiger partial charge is 0.255 e. The minimum atomic E-state index is -0.554. The van der Waals surface area contributed by atoms with Gasteiger partial charge in [-0.3, -0.25) is 9.59 Å². The molecule has 1 saturated carbocycles. The number of hydrogen-bond donors (Lipinski definition) is 3. The van der Waals surface area contributed by atoms with E-state index in [-0.39, 0.29) is 23.8 Å². The van der Waals surface area contributed by atoms with Crippen LogP contribution in [0.5, 0.6) is 5.75 Å². The topological polar surface area (TPSA) is 120 Å². The fourth-order valence-electron chi connectivity index (χ4n) is 4.61. The van der Waals surface area contributed by atoms with Crippen molar-refractivity contribution in [1.29, 1.82) is 0 Å². The number of amides is 2. The summed E-state index contributed by atoms with van der Waals surface area (Å²) in [5, 5.41) is 12.2. The molecule has 0 unspecified atom stereocenters. The Kier molecular flexibility index (Phi) is 6.14. The highest BCUT2D eigenvalue weighted by Crippen LogP contribution is 2.36.